The highest BCUT2D eigenvalue weighted by atomic mass is 19.1. The Morgan fingerprint density at radius 3 is 2.67 bits per heavy atom. The van der Waals surface area contributed by atoms with Crippen molar-refractivity contribution in [2.24, 2.45) is 5.16 Å². The van der Waals surface area contributed by atoms with Crippen LogP contribution in [-0.4, -0.2) is 10.9 Å². The third-order valence-electron chi connectivity index (χ3n) is 1.73. The number of nitrogens with zero attached hydrogens (tertiary/aromatic N) is 1. The standard InChI is InChI=1S/C9H10FNO/c1-6-5-8(10)3-4-9(6)7(2)11-12/h3-5,12H,1-2H3. The van der Waals surface area contributed by atoms with Crippen molar-refractivity contribution in [1.82, 2.24) is 0 Å². The number of benzene rings is 1. The van der Waals surface area contributed by atoms with E-state index in [2.05, 4.69) is 5.16 Å². The molecule has 0 bridgehead atoms. The second-order valence-corrected chi connectivity index (χ2v) is 2.64. The molecule has 0 heterocycles. The van der Waals surface area contributed by atoms with Crippen molar-refractivity contribution in [3.05, 3.63) is 35.1 Å². The minimum atomic E-state index is -0.276. The molecule has 0 saturated heterocycles. The van der Waals surface area contributed by atoms with Gasteiger partial charge in [0.1, 0.15) is 5.82 Å². The molecule has 0 aliphatic carbocycles. The van der Waals surface area contributed by atoms with Crippen LogP contribution >= 0.6 is 0 Å². The van der Waals surface area contributed by atoms with Gasteiger partial charge in [-0.2, -0.15) is 0 Å². The van der Waals surface area contributed by atoms with Crippen LogP contribution in [0.15, 0.2) is 23.4 Å². The van der Waals surface area contributed by atoms with Crippen LogP contribution in [0.25, 0.3) is 0 Å². The molecule has 0 atom stereocenters. The Kier molecular flexibility index (Phi) is 2.43. The van der Waals surface area contributed by atoms with Crippen molar-refractivity contribution in [3.63, 3.8) is 0 Å². The molecule has 3 heteroatoms. The molecule has 0 saturated carbocycles. The molecule has 0 aliphatic heterocycles. The number of halogens is 1. The van der Waals surface area contributed by atoms with Gasteiger partial charge in [0.05, 0.1) is 5.71 Å². The molecule has 1 aromatic rings. The van der Waals surface area contributed by atoms with Gasteiger partial charge < -0.3 is 5.21 Å². The number of oxime groups is 1. The summed E-state index contributed by atoms with van der Waals surface area (Å²) in [7, 11) is 0. The molecule has 0 unspecified atom stereocenters. The normalized spacial score (nSPS) is 11.8. The largest absolute Gasteiger partial charge is 0.411 e. The van der Waals surface area contributed by atoms with E-state index in [1.54, 1.807) is 19.9 Å². The molecule has 12 heavy (non-hydrogen) atoms. The topological polar surface area (TPSA) is 32.6 Å². The van der Waals surface area contributed by atoms with Gasteiger partial charge >= 0.3 is 0 Å². The Labute approximate surface area is 70.3 Å². The van der Waals surface area contributed by atoms with Crippen LogP contribution in [0.2, 0.25) is 0 Å². The lowest BCUT2D eigenvalue weighted by molar-refractivity contribution is 0.319. The first-order chi connectivity index (χ1) is 5.65. The van der Waals surface area contributed by atoms with E-state index >= 15 is 0 Å². The maximum absolute atomic E-state index is 12.6. The molecule has 0 aliphatic rings. The summed E-state index contributed by atoms with van der Waals surface area (Å²) in [5.74, 6) is -0.276. The first-order valence-corrected chi connectivity index (χ1v) is 3.60. The molecular weight excluding hydrogens is 157 g/mol. The predicted molar refractivity (Wildman–Crippen MR) is 45.1 cm³/mol. The number of aryl methyl sites for hydroxylation is 1. The van der Waals surface area contributed by atoms with Gasteiger partial charge in [0.2, 0.25) is 0 Å². The summed E-state index contributed by atoms with van der Waals surface area (Å²) in [6.45, 7) is 3.44. The maximum atomic E-state index is 12.6. The summed E-state index contributed by atoms with van der Waals surface area (Å²) < 4.78 is 12.6. The van der Waals surface area contributed by atoms with Crippen molar-refractivity contribution in [1.29, 1.82) is 0 Å². The molecular formula is C9H10FNO. The van der Waals surface area contributed by atoms with E-state index in [0.717, 1.165) is 11.1 Å². The summed E-state index contributed by atoms with van der Waals surface area (Å²) in [5, 5.41) is 11.5. The fourth-order valence-electron chi connectivity index (χ4n) is 1.09. The molecule has 1 N–H and O–H groups in total. The summed E-state index contributed by atoms with van der Waals surface area (Å²) in [4.78, 5) is 0. The molecule has 0 amide bonds. The number of hydrogen-bond acceptors (Lipinski definition) is 2. The average Bonchev–Trinajstić information content (AvgIpc) is 2.03. The monoisotopic (exact) mass is 167 g/mol. The summed E-state index contributed by atoms with van der Waals surface area (Å²) in [6.07, 6.45) is 0. The molecule has 1 aromatic carbocycles. The highest BCUT2D eigenvalue weighted by Crippen LogP contribution is 2.10. The first kappa shape index (κ1) is 8.71. The van der Waals surface area contributed by atoms with Gasteiger partial charge in [0.15, 0.2) is 0 Å². The van der Waals surface area contributed by atoms with Gasteiger partial charge in [-0.1, -0.05) is 5.16 Å². The smallest absolute Gasteiger partial charge is 0.123 e. The molecule has 64 valence electrons. The maximum Gasteiger partial charge on any atom is 0.123 e. The second-order valence-electron chi connectivity index (χ2n) is 2.64. The van der Waals surface area contributed by atoms with E-state index in [4.69, 9.17) is 5.21 Å². The van der Waals surface area contributed by atoms with E-state index in [-0.39, 0.29) is 5.82 Å². The van der Waals surface area contributed by atoms with Gasteiger partial charge in [0.25, 0.3) is 0 Å². The zero-order valence-electron chi connectivity index (χ0n) is 7.00. The van der Waals surface area contributed by atoms with Crippen LogP contribution in [-0.2, 0) is 0 Å². The lowest BCUT2D eigenvalue weighted by Crippen LogP contribution is -1.98. The van der Waals surface area contributed by atoms with Crippen LogP contribution in [0.1, 0.15) is 18.1 Å². The minimum absolute atomic E-state index is 0.276. The Balaban J connectivity index is 3.18. The highest BCUT2D eigenvalue weighted by molar-refractivity contribution is 5.99. The van der Waals surface area contributed by atoms with Crippen molar-refractivity contribution < 1.29 is 9.60 Å². The van der Waals surface area contributed by atoms with E-state index in [1.807, 2.05) is 0 Å². The third kappa shape index (κ3) is 1.61. The second kappa shape index (κ2) is 3.34. The van der Waals surface area contributed by atoms with Crippen LogP contribution in [0, 0.1) is 12.7 Å². The van der Waals surface area contributed by atoms with E-state index < -0.39 is 0 Å². The van der Waals surface area contributed by atoms with Gasteiger partial charge in [-0.25, -0.2) is 4.39 Å². The van der Waals surface area contributed by atoms with E-state index in [0.29, 0.717) is 5.71 Å². The Morgan fingerprint density at radius 2 is 2.17 bits per heavy atom. The Hall–Kier alpha value is -1.38. The summed E-state index contributed by atoms with van der Waals surface area (Å²) >= 11 is 0. The van der Waals surface area contributed by atoms with Gasteiger partial charge in [-0.05, 0) is 37.6 Å². The summed E-state index contributed by atoms with van der Waals surface area (Å²) in [6, 6.07) is 4.35. The molecule has 0 spiro atoms. The SMILES string of the molecule is CC(=NO)c1ccc(F)cc1C. The molecule has 0 fully saturated rings. The van der Waals surface area contributed by atoms with Gasteiger partial charge in [-0.15, -0.1) is 0 Å². The zero-order valence-corrected chi connectivity index (χ0v) is 7.00. The summed E-state index contributed by atoms with van der Waals surface area (Å²) in [5.41, 5.74) is 2.02. The molecule has 2 nitrogen and oxygen atoms in total. The highest BCUT2D eigenvalue weighted by Gasteiger charge is 2.02. The molecule has 1 rings (SSSR count). The molecule has 0 radical (unpaired) electrons. The first-order valence-electron chi connectivity index (χ1n) is 3.60. The number of rotatable bonds is 1. The zero-order chi connectivity index (χ0) is 9.14. The van der Waals surface area contributed by atoms with Crippen molar-refractivity contribution in [2.45, 2.75) is 13.8 Å². The van der Waals surface area contributed by atoms with Crippen molar-refractivity contribution >= 4 is 5.71 Å². The minimum Gasteiger partial charge on any atom is -0.411 e. The van der Waals surface area contributed by atoms with Gasteiger partial charge in [0, 0.05) is 5.56 Å². The fourth-order valence-corrected chi connectivity index (χ4v) is 1.09. The Bertz CT molecular complexity index is 320. The van der Waals surface area contributed by atoms with E-state index in [1.165, 1.54) is 12.1 Å². The quantitative estimate of drug-likeness (QED) is 0.388. The Morgan fingerprint density at radius 1 is 1.50 bits per heavy atom. The van der Waals surface area contributed by atoms with Crippen LogP contribution in [0.4, 0.5) is 4.39 Å². The molecule has 0 aromatic heterocycles. The van der Waals surface area contributed by atoms with Crippen LogP contribution in [0.3, 0.4) is 0 Å². The predicted octanol–water partition coefficient (Wildman–Crippen LogP) is 2.33. The van der Waals surface area contributed by atoms with E-state index in [9.17, 15) is 4.39 Å². The van der Waals surface area contributed by atoms with Gasteiger partial charge in [-0.3, -0.25) is 0 Å². The van der Waals surface area contributed by atoms with Crippen molar-refractivity contribution in [2.75, 3.05) is 0 Å². The lowest BCUT2D eigenvalue weighted by Gasteiger charge is -2.02. The van der Waals surface area contributed by atoms with Crippen LogP contribution < -0.4 is 0 Å². The fraction of sp³-hybridized carbons (Fsp3) is 0.222. The number of hydrogen-bond donors (Lipinski definition) is 1. The van der Waals surface area contributed by atoms with Crippen molar-refractivity contribution in [3.8, 4) is 0 Å². The van der Waals surface area contributed by atoms with Crippen LogP contribution in [0.5, 0.6) is 0 Å². The lowest BCUT2D eigenvalue weighted by atomic mass is 10.1. The average molecular weight is 167 g/mol. The third-order valence-corrected chi connectivity index (χ3v) is 1.73.